The minimum atomic E-state index is -0.329. The highest BCUT2D eigenvalue weighted by molar-refractivity contribution is 14.0. The number of nitrogens with one attached hydrogen (secondary N) is 3. The van der Waals surface area contributed by atoms with E-state index in [1.54, 1.807) is 19.2 Å². The van der Waals surface area contributed by atoms with Gasteiger partial charge in [-0.2, -0.15) is 0 Å². The van der Waals surface area contributed by atoms with Crippen molar-refractivity contribution in [3.63, 3.8) is 0 Å². The molecule has 0 aliphatic heterocycles. The summed E-state index contributed by atoms with van der Waals surface area (Å²) in [5.41, 5.74) is 0.993. The number of carbonyl (C=O) groups is 1. The van der Waals surface area contributed by atoms with Crippen molar-refractivity contribution < 1.29 is 18.7 Å². The Morgan fingerprint density at radius 3 is 2.62 bits per heavy atom. The van der Waals surface area contributed by atoms with Gasteiger partial charge in [0.15, 0.2) is 12.6 Å². The Bertz CT molecular complexity index is 908. The number of guanidine groups is 1. The fourth-order valence-electron chi connectivity index (χ4n) is 2.85. The highest BCUT2D eigenvalue weighted by atomic mass is 127. The fourth-order valence-corrected chi connectivity index (χ4v) is 2.85. The average molecular weight is 556 g/mol. The van der Waals surface area contributed by atoms with Gasteiger partial charge in [-0.05, 0) is 49.6 Å². The van der Waals surface area contributed by atoms with Crippen LogP contribution in [0.3, 0.4) is 0 Å². The SMILES string of the molecule is CN=C(NCc1cccc(OCC(=O)NC2CC2)c1)NCC(C)Oc1cccc(F)c1.I. The Balaban J connectivity index is 0.00000363. The molecule has 1 aliphatic rings. The zero-order chi connectivity index (χ0) is 22.1. The van der Waals surface area contributed by atoms with Gasteiger partial charge < -0.3 is 25.4 Å². The van der Waals surface area contributed by atoms with Crippen molar-refractivity contribution >= 4 is 35.8 Å². The van der Waals surface area contributed by atoms with E-state index < -0.39 is 0 Å². The molecule has 0 heterocycles. The molecule has 2 aromatic rings. The summed E-state index contributed by atoms with van der Waals surface area (Å²) in [6, 6.07) is 14.0. The van der Waals surface area contributed by atoms with E-state index in [9.17, 15) is 9.18 Å². The number of aliphatic imine (C=N–C) groups is 1. The van der Waals surface area contributed by atoms with E-state index in [1.165, 1.54) is 12.1 Å². The molecule has 7 nitrogen and oxygen atoms in total. The number of halogens is 2. The van der Waals surface area contributed by atoms with Crippen LogP contribution in [0.5, 0.6) is 11.5 Å². The highest BCUT2D eigenvalue weighted by Crippen LogP contribution is 2.18. The largest absolute Gasteiger partial charge is 0.489 e. The van der Waals surface area contributed by atoms with Crippen LogP contribution in [0.15, 0.2) is 53.5 Å². The monoisotopic (exact) mass is 556 g/mol. The number of hydrogen-bond acceptors (Lipinski definition) is 4. The van der Waals surface area contributed by atoms with E-state index in [2.05, 4.69) is 20.9 Å². The Kier molecular flexibility index (Phi) is 10.5. The van der Waals surface area contributed by atoms with Crippen LogP contribution in [0.4, 0.5) is 4.39 Å². The molecule has 0 spiro atoms. The smallest absolute Gasteiger partial charge is 0.258 e. The molecule has 3 rings (SSSR count). The molecule has 1 saturated carbocycles. The molecule has 1 fully saturated rings. The van der Waals surface area contributed by atoms with Crippen molar-refractivity contribution in [2.24, 2.45) is 4.99 Å². The average Bonchev–Trinajstić information content (AvgIpc) is 3.57. The third-order valence-electron chi connectivity index (χ3n) is 4.58. The van der Waals surface area contributed by atoms with Gasteiger partial charge in [0.05, 0.1) is 6.54 Å². The van der Waals surface area contributed by atoms with Crippen molar-refractivity contribution in [3.8, 4) is 11.5 Å². The zero-order valence-electron chi connectivity index (χ0n) is 18.3. The summed E-state index contributed by atoms with van der Waals surface area (Å²) in [6.07, 6.45) is 1.93. The second-order valence-corrected chi connectivity index (χ2v) is 7.47. The van der Waals surface area contributed by atoms with E-state index in [0.717, 1.165) is 18.4 Å². The van der Waals surface area contributed by atoms with Gasteiger partial charge in [0, 0.05) is 25.7 Å². The van der Waals surface area contributed by atoms with E-state index in [4.69, 9.17) is 9.47 Å². The second kappa shape index (κ2) is 13.1. The third-order valence-corrected chi connectivity index (χ3v) is 4.58. The van der Waals surface area contributed by atoms with Crippen LogP contribution in [-0.2, 0) is 11.3 Å². The molecular formula is C23H30FIN4O3. The van der Waals surface area contributed by atoms with Gasteiger partial charge in [-0.3, -0.25) is 9.79 Å². The van der Waals surface area contributed by atoms with Crippen LogP contribution < -0.4 is 25.4 Å². The molecule has 174 valence electrons. The number of amides is 1. The van der Waals surface area contributed by atoms with Crippen molar-refractivity contribution in [2.75, 3.05) is 20.2 Å². The third kappa shape index (κ3) is 9.29. The summed E-state index contributed by atoms with van der Waals surface area (Å²) < 4.78 is 24.6. The van der Waals surface area contributed by atoms with Crippen molar-refractivity contribution in [1.29, 1.82) is 0 Å². The summed E-state index contributed by atoms with van der Waals surface area (Å²) in [7, 11) is 1.69. The first-order valence-corrected chi connectivity index (χ1v) is 10.4. The summed E-state index contributed by atoms with van der Waals surface area (Å²) in [5, 5.41) is 9.32. The molecule has 0 bridgehead atoms. The van der Waals surface area contributed by atoms with Gasteiger partial charge in [-0.15, -0.1) is 24.0 Å². The number of benzene rings is 2. The summed E-state index contributed by atoms with van der Waals surface area (Å²) >= 11 is 0. The molecular weight excluding hydrogens is 526 g/mol. The molecule has 0 aromatic heterocycles. The van der Waals surface area contributed by atoms with Gasteiger partial charge in [0.1, 0.15) is 23.4 Å². The Labute approximate surface area is 205 Å². The Hall–Kier alpha value is -2.56. The van der Waals surface area contributed by atoms with Crippen LogP contribution in [-0.4, -0.2) is 44.2 Å². The topological polar surface area (TPSA) is 84.0 Å². The summed E-state index contributed by atoms with van der Waals surface area (Å²) in [5.74, 6) is 1.32. The number of ether oxygens (including phenoxy) is 2. The maximum Gasteiger partial charge on any atom is 0.258 e. The molecule has 2 aromatic carbocycles. The highest BCUT2D eigenvalue weighted by Gasteiger charge is 2.23. The molecule has 0 radical (unpaired) electrons. The maximum atomic E-state index is 13.3. The molecule has 1 atom stereocenters. The predicted octanol–water partition coefficient (Wildman–Crippen LogP) is 3.23. The van der Waals surface area contributed by atoms with Gasteiger partial charge in [0.2, 0.25) is 0 Å². The first-order valence-electron chi connectivity index (χ1n) is 10.4. The van der Waals surface area contributed by atoms with Crippen LogP contribution in [0, 0.1) is 5.82 Å². The molecule has 3 N–H and O–H groups in total. The van der Waals surface area contributed by atoms with Crippen molar-refractivity contribution in [2.45, 2.75) is 38.5 Å². The lowest BCUT2D eigenvalue weighted by Gasteiger charge is -2.18. The van der Waals surface area contributed by atoms with Crippen molar-refractivity contribution in [1.82, 2.24) is 16.0 Å². The first-order chi connectivity index (χ1) is 15.0. The van der Waals surface area contributed by atoms with Gasteiger partial charge in [0.25, 0.3) is 5.91 Å². The zero-order valence-corrected chi connectivity index (χ0v) is 20.6. The number of rotatable bonds is 10. The Morgan fingerprint density at radius 2 is 1.91 bits per heavy atom. The summed E-state index contributed by atoms with van der Waals surface area (Å²) in [6.45, 7) is 2.94. The molecule has 0 saturated heterocycles. The lowest BCUT2D eigenvalue weighted by atomic mass is 10.2. The molecule has 32 heavy (non-hydrogen) atoms. The van der Waals surface area contributed by atoms with Crippen LogP contribution >= 0.6 is 24.0 Å². The molecule has 1 amide bonds. The number of carbonyl (C=O) groups excluding carboxylic acids is 1. The van der Waals surface area contributed by atoms with E-state index in [0.29, 0.717) is 36.6 Å². The quantitative estimate of drug-likeness (QED) is 0.238. The molecule has 1 aliphatic carbocycles. The second-order valence-electron chi connectivity index (χ2n) is 7.47. The molecule has 1 unspecified atom stereocenters. The normalized spacial score (nSPS) is 14.0. The van der Waals surface area contributed by atoms with Gasteiger partial charge >= 0.3 is 0 Å². The fraction of sp³-hybridized carbons (Fsp3) is 0.391. The standard InChI is InChI=1S/C23H29FN4O3.HI/c1-16(31-21-8-4-6-18(24)12-21)13-26-23(25-2)27-14-17-5-3-7-20(11-17)30-15-22(29)28-19-9-10-19;/h3-8,11-12,16,19H,9-10,13-15H2,1-2H3,(H,28,29)(H2,25,26,27);1H. The van der Waals surface area contributed by atoms with E-state index in [1.807, 2.05) is 31.2 Å². The van der Waals surface area contributed by atoms with Crippen molar-refractivity contribution in [3.05, 3.63) is 59.9 Å². The van der Waals surface area contributed by atoms with Gasteiger partial charge in [-0.25, -0.2) is 4.39 Å². The van der Waals surface area contributed by atoms with Crippen LogP contribution in [0.2, 0.25) is 0 Å². The lowest BCUT2D eigenvalue weighted by Crippen LogP contribution is -2.41. The first kappa shape index (κ1) is 25.7. The van der Waals surface area contributed by atoms with Crippen LogP contribution in [0.1, 0.15) is 25.3 Å². The van der Waals surface area contributed by atoms with E-state index >= 15 is 0 Å². The molecule has 9 heteroatoms. The van der Waals surface area contributed by atoms with Gasteiger partial charge in [-0.1, -0.05) is 18.2 Å². The summed E-state index contributed by atoms with van der Waals surface area (Å²) in [4.78, 5) is 16.0. The maximum absolute atomic E-state index is 13.3. The minimum Gasteiger partial charge on any atom is -0.489 e. The predicted molar refractivity (Wildman–Crippen MR) is 133 cm³/mol. The number of hydrogen-bond donors (Lipinski definition) is 3. The minimum absolute atomic E-state index is 0. The Morgan fingerprint density at radius 1 is 1.16 bits per heavy atom. The van der Waals surface area contributed by atoms with E-state index in [-0.39, 0.29) is 48.4 Å². The number of nitrogens with zero attached hydrogens (tertiary/aromatic N) is 1. The lowest BCUT2D eigenvalue weighted by molar-refractivity contribution is -0.123. The van der Waals surface area contributed by atoms with Crippen LogP contribution in [0.25, 0.3) is 0 Å².